The van der Waals surface area contributed by atoms with Crippen LogP contribution in [0.5, 0.6) is 5.75 Å². The van der Waals surface area contributed by atoms with Crippen molar-refractivity contribution in [2.24, 2.45) is 0 Å². The van der Waals surface area contributed by atoms with E-state index in [4.69, 9.17) is 9.84 Å². The van der Waals surface area contributed by atoms with Crippen molar-refractivity contribution >= 4 is 5.97 Å². The summed E-state index contributed by atoms with van der Waals surface area (Å²) in [4.78, 5) is 12.5. The van der Waals surface area contributed by atoms with Gasteiger partial charge in [0.25, 0.3) is 0 Å². The Labute approximate surface area is 119 Å². The van der Waals surface area contributed by atoms with Crippen LogP contribution in [0.25, 0.3) is 0 Å². The number of benzene rings is 1. The van der Waals surface area contributed by atoms with Gasteiger partial charge in [-0.3, -0.25) is 9.69 Å². The smallest absolute Gasteiger partial charge is 0.304 e. The van der Waals surface area contributed by atoms with Gasteiger partial charge in [-0.1, -0.05) is 19.1 Å². The summed E-state index contributed by atoms with van der Waals surface area (Å²) in [6.07, 6.45) is 0.0250. The van der Waals surface area contributed by atoms with Crippen molar-refractivity contribution in [3.8, 4) is 11.8 Å². The monoisotopic (exact) mass is 276 g/mol. The molecule has 0 bridgehead atoms. The first-order valence-corrected chi connectivity index (χ1v) is 6.70. The van der Waals surface area contributed by atoms with Gasteiger partial charge in [0, 0.05) is 6.54 Å². The van der Waals surface area contributed by atoms with E-state index in [1.54, 1.807) is 0 Å². The second kappa shape index (κ2) is 8.18. The predicted octanol–water partition coefficient (Wildman–Crippen LogP) is 2.45. The van der Waals surface area contributed by atoms with Crippen LogP contribution >= 0.6 is 0 Å². The summed E-state index contributed by atoms with van der Waals surface area (Å²) in [7, 11) is 0. The summed E-state index contributed by atoms with van der Waals surface area (Å²) < 4.78 is 5.43. The molecule has 0 aliphatic heterocycles. The van der Waals surface area contributed by atoms with Crippen LogP contribution in [-0.4, -0.2) is 35.7 Å². The zero-order valence-electron chi connectivity index (χ0n) is 11.9. The van der Waals surface area contributed by atoms with Crippen LogP contribution in [0.2, 0.25) is 0 Å². The molecule has 5 nitrogen and oxygen atoms in total. The van der Waals surface area contributed by atoms with Crippen molar-refractivity contribution in [2.45, 2.75) is 26.3 Å². The first-order chi connectivity index (χ1) is 9.62. The molecule has 0 aromatic heterocycles. The van der Waals surface area contributed by atoms with Gasteiger partial charge < -0.3 is 9.84 Å². The highest BCUT2D eigenvalue weighted by molar-refractivity contribution is 5.66. The summed E-state index contributed by atoms with van der Waals surface area (Å²) >= 11 is 0. The van der Waals surface area contributed by atoms with Gasteiger partial charge in [0.05, 0.1) is 19.1 Å². The number of nitrogens with zero attached hydrogens (tertiary/aromatic N) is 2. The first kappa shape index (κ1) is 16.0. The van der Waals surface area contributed by atoms with Crippen LogP contribution < -0.4 is 4.74 Å². The summed E-state index contributed by atoms with van der Waals surface area (Å²) in [5.41, 5.74) is 0.825. The molecule has 0 fully saturated rings. The molecule has 1 aromatic rings. The van der Waals surface area contributed by atoms with Crippen molar-refractivity contribution < 1.29 is 14.6 Å². The number of nitriles is 1. The molecule has 0 heterocycles. The Morgan fingerprint density at radius 3 is 2.80 bits per heavy atom. The third-order valence-electron chi connectivity index (χ3n) is 2.99. The number of carboxylic acid groups (broad SMARTS) is 1. The Hall–Kier alpha value is -2.06. The Morgan fingerprint density at radius 2 is 2.25 bits per heavy atom. The fourth-order valence-electron chi connectivity index (χ4n) is 2.02. The van der Waals surface area contributed by atoms with Gasteiger partial charge in [-0.05, 0) is 31.2 Å². The molecule has 5 heteroatoms. The standard InChI is InChI=1S/C15H20N2O3/c1-3-17(9-8-15(18)19)14(11-16)12-6-5-7-13(10-12)20-4-2/h5-7,10,14H,3-4,8-9H2,1-2H3,(H,18,19). The van der Waals surface area contributed by atoms with Crippen LogP contribution in [0.4, 0.5) is 0 Å². The Morgan fingerprint density at radius 1 is 1.50 bits per heavy atom. The lowest BCUT2D eigenvalue weighted by Gasteiger charge is -2.25. The molecule has 20 heavy (non-hydrogen) atoms. The molecule has 1 rings (SSSR count). The maximum absolute atomic E-state index is 10.7. The van der Waals surface area contributed by atoms with E-state index in [0.717, 1.165) is 11.3 Å². The van der Waals surface area contributed by atoms with Crippen molar-refractivity contribution in [2.75, 3.05) is 19.7 Å². The molecule has 0 saturated carbocycles. The molecule has 0 spiro atoms. The lowest BCUT2D eigenvalue weighted by atomic mass is 10.1. The Bertz CT molecular complexity index is 482. The number of carboxylic acids is 1. The van der Waals surface area contributed by atoms with Gasteiger partial charge in [0.2, 0.25) is 0 Å². The molecule has 0 radical (unpaired) electrons. The second-order valence-corrected chi connectivity index (χ2v) is 4.31. The molecule has 0 aliphatic rings. The third kappa shape index (κ3) is 4.56. The number of hydrogen-bond acceptors (Lipinski definition) is 4. The molecule has 108 valence electrons. The van der Waals surface area contributed by atoms with Crippen molar-refractivity contribution in [3.63, 3.8) is 0 Å². The van der Waals surface area contributed by atoms with E-state index in [2.05, 4.69) is 6.07 Å². The minimum atomic E-state index is -0.858. The molecule has 0 saturated heterocycles. The molecule has 0 aliphatic carbocycles. The molecule has 1 N–H and O–H groups in total. The maximum Gasteiger partial charge on any atom is 0.304 e. The van der Waals surface area contributed by atoms with Gasteiger partial charge in [-0.2, -0.15) is 5.26 Å². The number of aliphatic carboxylic acids is 1. The number of carbonyl (C=O) groups is 1. The van der Waals surface area contributed by atoms with E-state index in [-0.39, 0.29) is 6.42 Å². The number of hydrogen-bond donors (Lipinski definition) is 1. The van der Waals surface area contributed by atoms with Gasteiger partial charge in [-0.15, -0.1) is 0 Å². The highest BCUT2D eigenvalue weighted by Crippen LogP contribution is 2.24. The van der Waals surface area contributed by atoms with Crippen LogP contribution in [0.3, 0.4) is 0 Å². The topological polar surface area (TPSA) is 73.6 Å². The largest absolute Gasteiger partial charge is 0.494 e. The second-order valence-electron chi connectivity index (χ2n) is 4.31. The molecule has 1 aromatic carbocycles. The summed E-state index contributed by atoms with van der Waals surface area (Å²) in [6, 6.07) is 9.16. The van der Waals surface area contributed by atoms with E-state index < -0.39 is 12.0 Å². The Kier molecular flexibility index (Phi) is 6.54. The first-order valence-electron chi connectivity index (χ1n) is 6.70. The van der Waals surface area contributed by atoms with Gasteiger partial charge in [0.1, 0.15) is 11.8 Å². The normalized spacial score (nSPS) is 11.9. The quantitative estimate of drug-likeness (QED) is 0.789. The van der Waals surface area contributed by atoms with Crippen LogP contribution in [0.1, 0.15) is 31.9 Å². The van der Waals surface area contributed by atoms with E-state index in [9.17, 15) is 10.1 Å². The molecular formula is C15H20N2O3. The van der Waals surface area contributed by atoms with E-state index in [0.29, 0.717) is 19.7 Å². The van der Waals surface area contributed by atoms with Crippen LogP contribution in [-0.2, 0) is 4.79 Å². The lowest BCUT2D eigenvalue weighted by molar-refractivity contribution is -0.137. The lowest BCUT2D eigenvalue weighted by Crippen LogP contribution is -2.30. The van der Waals surface area contributed by atoms with E-state index in [1.165, 1.54) is 0 Å². The third-order valence-corrected chi connectivity index (χ3v) is 2.99. The molecule has 0 amide bonds. The van der Waals surface area contributed by atoms with Crippen molar-refractivity contribution in [3.05, 3.63) is 29.8 Å². The highest BCUT2D eigenvalue weighted by atomic mass is 16.5. The molecule has 1 unspecified atom stereocenters. The minimum absolute atomic E-state index is 0.0250. The Balaban J connectivity index is 2.90. The van der Waals surface area contributed by atoms with Gasteiger partial charge >= 0.3 is 5.97 Å². The zero-order chi connectivity index (χ0) is 15.0. The molecule has 1 atom stereocenters. The van der Waals surface area contributed by atoms with Crippen LogP contribution in [0.15, 0.2) is 24.3 Å². The summed E-state index contributed by atoms with van der Waals surface area (Å²) in [5, 5.41) is 18.2. The van der Waals surface area contributed by atoms with Gasteiger partial charge in [0.15, 0.2) is 0 Å². The SMILES string of the molecule is CCOc1cccc(C(C#N)N(CC)CCC(=O)O)c1. The average Bonchev–Trinajstić information content (AvgIpc) is 2.44. The van der Waals surface area contributed by atoms with Crippen molar-refractivity contribution in [1.82, 2.24) is 4.90 Å². The molecular weight excluding hydrogens is 256 g/mol. The minimum Gasteiger partial charge on any atom is -0.494 e. The van der Waals surface area contributed by atoms with Crippen molar-refractivity contribution in [1.29, 1.82) is 5.26 Å². The fraction of sp³-hybridized carbons (Fsp3) is 0.467. The maximum atomic E-state index is 10.7. The summed E-state index contributed by atoms with van der Waals surface area (Å²) in [5.74, 6) is -0.136. The van der Waals surface area contributed by atoms with E-state index >= 15 is 0 Å². The number of ether oxygens (including phenoxy) is 1. The average molecular weight is 276 g/mol. The number of rotatable bonds is 8. The van der Waals surface area contributed by atoms with Gasteiger partial charge in [-0.25, -0.2) is 0 Å². The van der Waals surface area contributed by atoms with E-state index in [1.807, 2.05) is 43.0 Å². The summed E-state index contributed by atoms with van der Waals surface area (Å²) in [6.45, 7) is 5.35. The fourth-order valence-corrected chi connectivity index (χ4v) is 2.02. The zero-order valence-corrected chi connectivity index (χ0v) is 11.9. The highest BCUT2D eigenvalue weighted by Gasteiger charge is 2.19. The predicted molar refractivity (Wildman–Crippen MR) is 75.5 cm³/mol. The van der Waals surface area contributed by atoms with Crippen LogP contribution in [0, 0.1) is 11.3 Å².